The van der Waals surface area contributed by atoms with Gasteiger partial charge in [0.1, 0.15) is 0 Å². The Labute approximate surface area is 127 Å². The van der Waals surface area contributed by atoms with Gasteiger partial charge in [0, 0.05) is 6.54 Å². The molecule has 0 saturated carbocycles. The molecular weight excluding hydrogens is 345 g/mol. The summed E-state index contributed by atoms with van der Waals surface area (Å²) in [5, 5.41) is 7.83. The minimum Gasteiger partial charge on any atom is -0.481 e. The largest absolute Gasteiger partial charge is 0.481 e. The van der Waals surface area contributed by atoms with Crippen LogP contribution < -0.4 is 5.73 Å². The molecule has 1 radical (unpaired) electrons. The molecule has 0 unspecified atom stereocenters. The molecule has 0 saturated heterocycles. The molecule has 0 aromatic carbocycles. The van der Waals surface area contributed by atoms with Crippen molar-refractivity contribution in [2.75, 3.05) is 6.54 Å². The third-order valence-corrected chi connectivity index (χ3v) is 12.1. The van der Waals surface area contributed by atoms with Crippen molar-refractivity contribution in [3.8, 4) is 0 Å². The van der Waals surface area contributed by atoms with E-state index in [9.17, 15) is 4.79 Å². The van der Waals surface area contributed by atoms with Gasteiger partial charge in [0.15, 0.2) is 0 Å². The maximum atomic E-state index is 9.52. The number of carbonyl (C=O) groups is 1. The van der Waals surface area contributed by atoms with Gasteiger partial charge in [0.05, 0.1) is 6.42 Å². The third-order valence-electron chi connectivity index (χ3n) is 3.01. The normalized spacial score (nSPS) is 10.2. The first kappa shape index (κ1) is 21.5. The van der Waals surface area contributed by atoms with Gasteiger partial charge >= 0.3 is 98.3 Å². The molecule has 0 spiro atoms. The van der Waals surface area contributed by atoms with Crippen LogP contribution in [0.1, 0.15) is 65.7 Å². The summed E-state index contributed by atoms with van der Waals surface area (Å²) in [6, 6.07) is 0. The smallest absolute Gasteiger partial charge is 0.304 e. The molecule has 115 valence electrons. The standard InChI is InChI=1S/3C4H9.C3H7NO2.Sn/c3*1-3-4-2;4-2-1-3(5)6;/h3*1,3-4H2,2H3;1-2,4H2,(H,5,6);. The molecular formula is C15H34NO2Sn. The summed E-state index contributed by atoms with van der Waals surface area (Å²) < 4.78 is 5.04. The van der Waals surface area contributed by atoms with Gasteiger partial charge in [0.25, 0.3) is 0 Å². The SMILES string of the molecule is CCC[CH2][Sn]([CH2]CCC)[CH2]CCC.NCCC(=O)O. The van der Waals surface area contributed by atoms with Crippen molar-refractivity contribution in [1.82, 2.24) is 0 Å². The summed E-state index contributed by atoms with van der Waals surface area (Å²) in [6.07, 6.45) is 8.92. The molecule has 4 heteroatoms. The van der Waals surface area contributed by atoms with E-state index in [1.807, 2.05) is 0 Å². The Morgan fingerprint density at radius 3 is 1.47 bits per heavy atom. The van der Waals surface area contributed by atoms with Gasteiger partial charge in [0.2, 0.25) is 0 Å². The van der Waals surface area contributed by atoms with E-state index in [-0.39, 0.29) is 13.0 Å². The first-order chi connectivity index (χ1) is 9.12. The van der Waals surface area contributed by atoms with Crippen LogP contribution in [0.3, 0.4) is 0 Å². The molecule has 0 atom stereocenters. The fourth-order valence-corrected chi connectivity index (χ4v) is 11.2. The van der Waals surface area contributed by atoms with E-state index in [0.717, 1.165) is 0 Å². The van der Waals surface area contributed by atoms with E-state index in [1.54, 1.807) is 13.3 Å². The second-order valence-electron chi connectivity index (χ2n) is 4.99. The molecule has 0 aromatic heterocycles. The Hall–Kier alpha value is 0.229. The second-order valence-corrected chi connectivity index (χ2v) is 13.6. The van der Waals surface area contributed by atoms with Crippen LogP contribution in [0.2, 0.25) is 13.3 Å². The number of carboxylic acids is 1. The predicted molar refractivity (Wildman–Crippen MR) is 86.2 cm³/mol. The Bertz CT molecular complexity index is 170. The van der Waals surface area contributed by atoms with Gasteiger partial charge < -0.3 is 10.8 Å². The summed E-state index contributed by atoms with van der Waals surface area (Å²) in [5.74, 6) is -0.836. The molecule has 19 heavy (non-hydrogen) atoms. The van der Waals surface area contributed by atoms with Crippen molar-refractivity contribution >= 4 is 25.7 Å². The van der Waals surface area contributed by atoms with Crippen LogP contribution in [0, 0.1) is 0 Å². The van der Waals surface area contributed by atoms with Crippen LogP contribution in [0.5, 0.6) is 0 Å². The summed E-state index contributed by atoms with van der Waals surface area (Å²) in [4.78, 5) is 9.52. The number of hydrogen-bond donors (Lipinski definition) is 2. The average molecular weight is 379 g/mol. The van der Waals surface area contributed by atoms with E-state index in [2.05, 4.69) is 20.8 Å². The molecule has 3 N–H and O–H groups in total. The van der Waals surface area contributed by atoms with Gasteiger partial charge in [-0.15, -0.1) is 0 Å². The van der Waals surface area contributed by atoms with E-state index >= 15 is 0 Å². The molecule has 0 aliphatic carbocycles. The quantitative estimate of drug-likeness (QED) is 0.526. The van der Waals surface area contributed by atoms with Crippen molar-refractivity contribution in [3.05, 3.63) is 0 Å². The Morgan fingerprint density at radius 1 is 0.947 bits per heavy atom. The van der Waals surface area contributed by atoms with E-state index in [0.29, 0.717) is 0 Å². The first-order valence-electron chi connectivity index (χ1n) is 7.87. The van der Waals surface area contributed by atoms with E-state index in [4.69, 9.17) is 10.8 Å². The molecule has 3 nitrogen and oxygen atoms in total. The average Bonchev–Trinajstić information content (AvgIpc) is 2.38. The van der Waals surface area contributed by atoms with E-state index in [1.165, 1.54) is 38.5 Å². The molecule has 0 rings (SSSR count). The van der Waals surface area contributed by atoms with Gasteiger partial charge in [-0.05, 0) is 0 Å². The summed E-state index contributed by atoms with van der Waals surface area (Å²) >= 11 is -0.839. The zero-order chi connectivity index (χ0) is 14.9. The van der Waals surface area contributed by atoms with E-state index < -0.39 is 25.7 Å². The monoisotopic (exact) mass is 380 g/mol. The molecule has 0 heterocycles. The number of carboxylic acid groups (broad SMARTS) is 1. The third kappa shape index (κ3) is 20.7. The van der Waals surface area contributed by atoms with Crippen molar-refractivity contribution < 1.29 is 9.90 Å². The first-order valence-corrected chi connectivity index (χ1v) is 13.9. The van der Waals surface area contributed by atoms with Crippen molar-refractivity contribution in [1.29, 1.82) is 0 Å². The van der Waals surface area contributed by atoms with Crippen molar-refractivity contribution in [2.45, 2.75) is 79.0 Å². The van der Waals surface area contributed by atoms with Crippen LogP contribution in [-0.2, 0) is 4.79 Å². The Kier molecular flexibility index (Phi) is 20.7. The second kappa shape index (κ2) is 18.2. The summed E-state index contributed by atoms with van der Waals surface area (Å²) in [6.45, 7) is 7.23. The zero-order valence-electron chi connectivity index (χ0n) is 13.2. The van der Waals surface area contributed by atoms with Crippen LogP contribution in [0.15, 0.2) is 0 Å². The molecule has 0 bridgehead atoms. The van der Waals surface area contributed by atoms with Crippen LogP contribution in [0.25, 0.3) is 0 Å². The Morgan fingerprint density at radius 2 is 1.32 bits per heavy atom. The minimum atomic E-state index is -0.839. The Balaban J connectivity index is 0. The zero-order valence-corrected chi connectivity index (χ0v) is 16.1. The summed E-state index contributed by atoms with van der Waals surface area (Å²) in [5.41, 5.74) is 4.85. The molecule has 0 amide bonds. The van der Waals surface area contributed by atoms with Crippen LogP contribution >= 0.6 is 0 Å². The minimum absolute atomic E-state index is 0.0694. The fraction of sp³-hybridized carbons (Fsp3) is 0.933. The number of aliphatic carboxylic acids is 1. The maximum Gasteiger partial charge on any atom is 0.304 e. The van der Waals surface area contributed by atoms with Gasteiger partial charge in [-0.3, -0.25) is 4.79 Å². The topological polar surface area (TPSA) is 63.3 Å². The van der Waals surface area contributed by atoms with Crippen LogP contribution in [0.4, 0.5) is 0 Å². The molecule has 0 aliphatic rings. The van der Waals surface area contributed by atoms with Gasteiger partial charge in [-0.1, -0.05) is 0 Å². The van der Waals surface area contributed by atoms with Gasteiger partial charge in [-0.2, -0.15) is 0 Å². The fourth-order valence-electron chi connectivity index (χ4n) is 1.78. The maximum absolute atomic E-state index is 9.52. The van der Waals surface area contributed by atoms with Crippen molar-refractivity contribution in [3.63, 3.8) is 0 Å². The van der Waals surface area contributed by atoms with Gasteiger partial charge in [-0.25, -0.2) is 0 Å². The molecule has 0 fully saturated rings. The number of nitrogens with two attached hydrogens (primary N) is 1. The molecule has 0 aromatic rings. The summed E-state index contributed by atoms with van der Waals surface area (Å²) in [7, 11) is 0. The number of unbranched alkanes of at least 4 members (excludes halogenated alkanes) is 3. The molecule has 0 aliphatic heterocycles. The predicted octanol–water partition coefficient (Wildman–Crippen LogP) is 4.30. The number of rotatable bonds is 11. The van der Waals surface area contributed by atoms with Crippen molar-refractivity contribution in [2.24, 2.45) is 5.73 Å². The van der Waals surface area contributed by atoms with Crippen LogP contribution in [-0.4, -0.2) is 37.4 Å². The number of hydrogen-bond acceptors (Lipinski definition) is 2.